The molecular formula is C13H14N4O. The van der Waals surface area contributed by atoms with E-state index in [1.54, 1.807) is 12.5 Å². The number of rotatable bonds is 2. The van der Waals surface area contributed by atoms with Gasteiger partial charge in [0.05, 0.1) is 12.3 Å². The van der Waals surface area contributed by atoms with Crippen LogP contribution in [0.3, 0.4) is 0 Å². The molecule has 0 unspecified atom stereocenters. The second kappa shape index (κ2) is 4.60. The molecule has 0 saturated carbocycles. The van der Waals surface area contributed by atoms with Gasteiger partial charge < -0.3 is 10.1 Å². The van der Waals surface area contributed by atoms with Gasteiger partial charge in [-0.25, -0.2) is 15.0 Å². The number of hydrogen-bond acceptors (Lipinski definition) is 5. The van der Waals surface area contributed by atoms with Crippen LogP contribution in [0.25, 0.3) is 11.3 Å². The van der Waals surface area contributed by atoms with Gasteiger partial charge in [0, 0.05) is 23.9 Å². The molecule has 0 amide bonds. The van der Waals surface area contributed by atoms with Crippen molar-refractivity contribution in [2.45, 2.75) is 13.3 Å². The highest BCUT2D eigenvalue weighted by atomic mass is 16.5. The molecule has 0 aliphatic carbocycles. The lowest BCUT2D eigenvalue weighted by molar-refractivity contribution is 0.322. The first-order valence-corrected chi connectivity index (χ1v) is 6.06. The van der Waals surface area contributed by atoms with Crippen molar-refractivity contribution in [2.24, 2.45) is 0 Å². The minimum atomic E-state index is 0.608. The van der Waals surface area contributed by atoms with E-state index in [9.17, 15) is 0 Å². The van der Waals surface area contributed by atoms with Gasteiger partial charge in [-0.2, -0.15) is 0 Å². The lowest BCUT2D eigenvalue weighted by Crippen LogP contribution is -2.06. The van der Waals surface area contributed by atoms with Crippen LogP contribution in [0.4, 0.5) is 5.82 Å². The Morgan fingerprint density at radius 3 is 3.17 bits per heavy atom. The molecule has 1 aliphatic rings. The fourth-order valence-electron chi connectivity index (χ4n) is 2.16. The summed E-state index contributed by atoms with van der Waals surface area (Å²) in [6, 6.07) is 3.93. The van der Waals surface area contributed by atoms with Gasteiger partial charge in [-0.1, -0.05) is 0 Å². The van der Waals surface area contributed by atoms with E-state index < -0.39 is 0 Å². The third-order valence-corrected chi connectivity index (χ3v) is 2.92. The SMILES string of the molecule is CCOc1ncnc2c1CCNc1ncccc1-2. The third-order valence-electron chi connectivity index (χ3n) is 2.92. The standard InChI is InChI=1S/C13H14N4O/c1-2-18-13-10-5-7-15-12-9(4-3-6-14-12)11(10)16-8-17-13/h3-4,6,8H,2,5,7H2,1H3,(H,14,15). The second-order valence-corrected chi connectivity index (χ2v) is 4.02. The van der Waals surface area contributed by atoms with E-state index in [1.807, 2.05) is 19.1 Å². The molecule has 2 aromatic heterocycles. The van der Waals surface area contributed by atoms with Crippen molar-refractivity contribution in [2.75, 3.05) is 18.5 Å². The molecule has 2 aromatic rings. The van der Waals surface area contributed by atoms with E-state index in [2.05, 4.69) is 20.3 Å². The van der Waals surface area contributed by atoms with E-state index in [0.29, 0.717) is 12.5 Å². The molecule has 3 heterocycles. The molecule has 0 atom stereocenters. The highest BCUT2D eigenvalue weighted by Crippen LogP contribution is 2.33. The molecule has 3 rings (SSSR count). The number of aromatic nitrogens is 3. The quantitative estimate of drug-likeness (QED) is 0.871. The topological polar surface area (TPSA) is 59.9 Å². The molecule has 0 saturated heterocycles. The summed E-state index contributed by atoms with van der Waals surface area (Å²) < 4.78 is 5.58. The minimum Gasteiger partial charge on any atom is -0.478 e. The van der Waals surface area contributed by atoms with Crippen LogP contribution >= 0.6 is 0 Å². The summed E-state index contributed by atoms with van der Waals surface area (Å²) in [6.07, 6.45) is 4.16. The van der Waals surface area contributed by atoms with E-state index >= 15 is 0 Å². The summed E-state index contributed by atoms with van der Waals surface area (Å²) in [5.74, 6) is 1.55. The average molecular weight is 242 g/mol. The Bertz CT molecular complexity index is 571. The van der Waals surface area contributed by atoms with E-state index in [4.69, 9.17) is 4.74 Å². The number of ether oxygens (including phenoxy) is 1. The van der Waals surface area contributed by atoms with Gasteiger partial charge in [0.15, 0.2) is 0 Å². The van der Waals surface area contributed by atoms with Crippen LogP contribution < -0.4 is 10.1 Å². The number of nitrogens with one attached hydrogen (secondary N) is 1. The first-order valence-electron chi connectivity index (χ1n) is 6.06. The van der Waals surface area contributed by atoms with Gasteiger partial charge in [0.2, 0.25) is 5.88 Å². The maximum atomic E-state index is 5.58. The lowest BCUT2D eigenvalue weighted by Gasteiger charge is -2.10. The third kappa shape index (κ3) is 1.77. The highest BCUT2D eigenvalue weighted by molar-refractivity contribution is 5.76. The number of anilines is 1. The Morgan fingerprint density at radius 1 is 1.33 bits per heavy atom. The van der Waals surface area contributed by atoms with Crippen LogP contribution in [-0.2, 0) is 6.42 Å². The molecule has 0 fully saturated rings. The van der Waals surface area contributed by atoms with Gasteiger partial charge in [-0.15, -0.1) is 0 Å². The number of nitrogens with zero attached hydrogens (tertiary/aromatic N) is 3. The molecule has 0 aromatic carbocycles. The second-order valence-electron chi connectivity index (χ2n) is 4.02. The molecule has 0 radical (unpaired) electrons. The molecule has 5 nitrogen and oxygen atoms in total. The zero-order chi connectivity index (χ0) is 12.4. The summed E-state index contributed by atoms with van der Waals surface area (Å²) in [5, 5.41) is 3.31. The van der Waals surface area contributed by atoms with E-state index in [1.165, 1.54) is 0 Å². The lowest BCUT2D eigenvalue weighted by atomic mass is 10.1. The Balaban J connectivity index is 2.18. The van der Waals surface area contributed by atoms with E-state index in [-0.39, 0.29) is 0 Å². The Kier molecular flexibility index (Phi) is 2.80. The monoisotopic (exact) mass is 242 g/mol. The molecule has 5 heteroatoms. The van der Waals surface area contributed by atoms with Crippen molar-refractivity contribution in [3.05, 3.63) is 30.2 Å². The van der Waals surface area contributed by atoms with Crippen molar-refractivity contribution in [1.82, 2.24) is 15.0 Å². The molecule has 92 valence electrons. The summed E-state index contributed by atoms with van der Waals surface area (Å²) in [7, 11) is 0. The number of hydrogen-bond donors (Lipinski definition) is 1. The van der Waals surface area contributed by atoms with Crippen molar-refractivity contribution in [1.29, 1.82) is 0 Å². The normalized spacial score (nSPS) is 12.9. The van der Waals surface area contributed by atoms with Gasteiger partial charge >= 0.3 is 0 Å². The first-order chi connectivity index (χ1) is 8.90. The summed E-state index contributed by atoms with van der Waals surface area (Å²) in [6.45, 7) is 3.38. The number of pyridine rings is 1. The highest BCUT2D eigenvalue weighted by Gasteiger charge is 2.19. The molecular weight excluding hydrogens is 228 g/mol. The summed E-state index contributed by atoms with van der Waals surface area (Å²) >= 11 is 0. The van der Waals surface area contributed by atoms with Gasteiger partial charge in [-0.05, 0) is 25.5 Å². The summed E-state index contributed by atoms with van der Waals surface area (Å²) in [5.41, 5.74) is 2.98. The van der Waals surface area contributed by atoms with Crippen LogP contribution in [0, 0.1) is 0 Å². The molecule has 0 bridgehead atoms. The van der Waals surface area contributed by atoms with Crippen LogP contribution in [0.5, 0.6) is 5.88 Å². The average Bonchev–Trinajstić information content (AvgIpc) is 2.59. The van der Waals surface area contributed by atoms with Crippen LogP contribution in [-0.4, -0.2) is 28.1 Å². The maximum Gasteiger partial charge on any atom is 0.220 e. The van der Waals surface area contributed by atoms with Crippen LogP contribution in [0.1, 0.15) is 12.5 Å². The van der Waals surface area contributed by atoms with E-state index in [0.717, 1.165) is 35.6 Å². The molecule has 0 spiro atoms. The fraction of sp³-hybridized carbons (Fsp3) is 0.308. The predicted octanol–water partition coefficient (Wildman–Crippen LogP) is 1.91. The molecule has 18 heavy (non-hydrogen) atoms. The number of fused-ring (bicyclic) bond motifs is 3. The Labute approximate surface area is 105 Å². The van der Waals surface area contributed by atoms with Gasteiger partial charge in [0.25, 0.3) is 0 Å². The molecule has 1 aliphatic heterocycles. The Hall–Kier alpha value is -2.17. The van der Waals surface area contributed by atoms with Crippen LogP contribution in [0.15, 0.2) is 24.7 Å². The van der Waals surface area contributed by atoms with Crippen molar-refractivity contribution in [3.8, 4) is 17.1 Å². The maximum absolute atomic E-state index is 5.58. The van der Waals surface area contributed by atoms with Gasteiger partial charge in [0.1, 0.15) is 12.1 Å². The first kappa shape index (κ1) is 11.0. The Morgan fingerprint density at radius 2 is 2.28 bits per heavy atom. The van der Waals surface area contributed by atoms with Crippen molar-refractivity contribution >= 4 is 5.82 Å². The largest absolute Gasteiger partial charge is 0.478 e. The van der Waals surface area contributed by atoms with Crippen molar-refractivity contribution in [3.63, 3.8) is 0 Å². The van der Waals surface area contributed by atoms with Crippen LogP contribution in [0.2, 0.25) is 0 Å². The molecule has 1 N–H and O–H groups in total. The zero-order valence-electron chi connectivity index (χ0n) is 10.2. The smallest absolute Gasteiger partial charge is 0.220 e. The van der Waals surface area contributed by atoms with Gasteiger partial charge in [-0.3, -0.25) is 0 Å². The van der Waals surface area contributed by atoms with Crippen molar-refractivity contribution < 1.29 is 4.74 Å². The predicted molar refractivity (Wildman–Crippen MR) is 68.6 cm³/mol. The zero-order valence-corrected chi connectivity index (χ0v) is 10.2. The summed E-state index contributed by atoms with van der Waals surface area (Å²) in [4.78, 5) is 12.9. The fourth-order valence-corrected chi connectivity index (χ4v) is 2.16. The minimum absolute atomic E-state index is 0.608.